The van der Waals surface area contributed by atoms with Gasteiger partial charge >= 0.3 is 0 Å². The van der Waals surface area contributed by atoms with Gasteiger partial charge in [0.05, 0.1) is 13.2 Å². The van der Waals surface area contributed by atoms with Gasteiger partial charge < -0.3 is 19.7 Å². The molecule has 0 unspecified atom stereocenters. The van der Waals surface area contributed by atoms with Gasteiger partial charge in [-0.3, -0.25) is 9.69 Å². The molecule has 2 heterocycles. The number of ether oxygens (including phenoxy) is 2. The summed E-state index contributed by atoms with van der Waals surface area (Å²) in [5.74, 6) is 1.95. The summed E-state index contributed by atoms with van der Waals surface area (Å²) in [6, 6.07) is 4.25. The Balaban J connectivity index is 0.00000261. The summed E-state index contributed by atoms with van der Waals surface area (Å²) in [6.45, 7) is 11.4. The van der Waals surface area contributed by atoms with E-state index in [0.717, 1.165) is 63.7 Å². The smallest absolute Gasteiger partial charge is 0.223 e. The third-order valence-electron chi connectivity index (χ3n) is 5.07. The molecule has 0 atom stereocenters. The van der Waals surface area contributed by atoms with Crippen LogP contribution in [0.4, 0.5) is 0 Å². The summed E-state index contributed by atoms with van der Waals surface area (Å²) in [5, 5.41) is 3.29. The van der Waals surface area contributed by atoms with E-state index in [2.05, 4.69) is 22.3 Å². The van der Waals surface area contributed by atoms with E-state index in [1.807, 2.05) is 18.7 Å². The summed E-state index contributed by atoms with van der Waals surface area (Å²) >= 11 is 0. The maximum Gasteiger partial charge on any atom is 0.223 e. The summed E-state index contributed by atoms with van der Waals surface area (Å²) in [5.41, 5.74) is 2.62. The molecule has 0 aliphatic carbocycles. The van der Waals surface area contributed by atoms with E-state index in [4.69, 9.17) is 9.47 Å². The SMILES string of the molecule is CCOc1cc2c(cc1OCC)CN(CCC(=O)N1CCNCC1)CC2.Cl. The molecule has 0 aromatic heterocycles. The first-order chi connectivity index (χ1) is 12.7. The van der Waals surface area contributed by atoms with Crippen LogP contribution in [0.5, 0.6) is 11.5 Å². The average Bonchev–Trinajstić information content (AvgIpc) is 2.67. The summed E-state index contributed by atoms with van der Waals surface area (Å²) in [7, 11) is 0. The second-order valence-corrected chi connectivity index (χ2v) is 6.84. The molecule has 152 valence electrons. The molecular formula is C20H32ClN3O3. The minimum atomic E-state index is 0. The topological polar surface area (TPSA) is 54.0 Å². The van der Waals surface area contributed by atoms with Crippen LogP contribution in [0.15, 0.2) is 12.1 Å². The van der Waals surface area contributed by atoms with E-state index < -0.39 is 0 Å². The standard InChI is InChI=1S/C20H31N3O3.ClH/c1-3-25-18-13-16-5-9-22(15-17(16)14-19(18)26-4-2)10-6-20(24)23-11-7-21-8-12-23;/h13-14,21H,3-12,15H2,1-2H3;1H. The Hall–Kier alpha value is -1.50. The molecule has 6 nitrogen and oxygen atoms in total. The molecule has 1 aromatic rings. The highest BCUT2D eigenvalue weighted by Gasteiger charge is 2.22. The fraction of sp³-hybridized carbons (Fsp3) is 0.650. The minimum Gasteiger partial charge on any atom is -0.490 e. The Bertz CT molecular complexity index is 621. The van der Waals surface area contributed by atoms with Crippen molar-refractivity contribution in [1.29, 1.82) is 0 Å². The van der Waals surface area contributed by atoms with Crippen molar-refractivity contribution in [3.8, 4) is 11.5 Å². The van der Waals surface area contributed by atoms with Gasteiger partial charge in [-0.15, -0.1) is 12.4 Å². The largest absolute Gasteiger partial charge is 0.490 e. The van der Waals surface area contributed by atoms with Crippen LogP contribution in [-0.4, -0.2) is 68.2 Å². The predicted octanol–water partition coefficient (Wildman–Crippen LogP) is 2.09. The molecule has 1 amide bonds. The van der Waals surface area contributed by atoms with Crippen LogP contribution in [0.2, 0.25) is 0 Å². The second-order valence-electron chi connectivity index (χ2n) is 6.84. The van der Waals surface area contributed by atoms with Gasteiger partial charge in [-0.2, -0.15) is 0 Å². The van der Waals surface area contributed by atoms with Crippen LogP contribution in [0.25, 0.3) is 0 Å². The molecule has 1 aromatic carbocycles. The average molecular weight is 398 g/mol. The molecule has 0 radical (unpaired) electrons. The van der Waals surface area contributed by atoms with Crippen molar-refractivity contribution in [3.63, 3.8) is 0 Å². The quantitative estimate of drug-likeness (QED) is 0.763. The van der Waals surface area contributed by atoms with Gasteiger partial charge in [0, 0.05) is 52.2 Å². The highest BCUT2D eigenvalue weighted by molar-refractivity contribution is 5.85. The summed E-state index contributed by atoms with van der Waals surface area (Å²) in [4.78, 5) is 16.7. The second kappa shape index (κ2) is 10.7. The van der Waals surface area contributed by atoms with Crippen molar-refractivity contribution in [2.45, 2.75) is 33.2 Å². The maximum atomic E-state index is 12.4. The van der Waals surface area contributed by atoms with Crippen molar-refractivity contribution in [2.24, 2.45) is 0 Å². The molecule has 2 aliphatic heterocycles. The van der Waals surface area contributed by atoms with Crippen LogP contribution >= 0.6 is 12.4 Å². The number of piperazine rings is 1. The molecular weight excluding hydrogens is 366 g/mol. The van der Waals surface area contributed by atoms with E-state index in [1.165, 1.54) is 11.1 Å². The van der Waals surface area contributed by atoms with Crippen molar-refractivity contribution in [1.82, 2.24) is 15.1 Å². The zero-order valence-corrected chi connectivity index (χ0v) is 17.3. The van der Waals surface area contributed by atoms with Crippen molar-refractivity contribution in [3.05, 3.63) is 23.3 Å². The lowest BCUT2D eigenvalue weighted by atomic mass is 9.98. The molecule has 0 bridgehead atoms. The highest BCUT2D eigenvalue weighted by Crippen LogP contribution is 2.33. The number of fused-ring (bicyclic) bond motifs is 1. The van der Waals surface area contributed by atoms with Crippen LogP contribution in [-0.2, 0) is 17.8 Å². The predicted molar refractivity (Wildman–Crippen MR) is 109 cm³/mol. The lowest BCUT2D eigenvalue weighted by Gasteiger charge is -2.31. The molecule has 0 saturated carbocycles. The highest BCUT2D eigenvalue weighted by atomic mass is 35.5. The third kappa shape index (κ3) is 5.74. The molecule has 3 rings (SSSR count). The first kappa shape index (κ1) is 21.8. The molecule has 7 heteroatoms. The maximum absolute atomic E-state index is 12.4. The number of hydrogen-bond donors (Lipinski definition) is 1. The molecule has 1 N–H and O–H groups in total. The van der Waals surface area contributed by atoms with E-state index in [0.29, 0.717) is 19.6 Å². The zero-order chi connectivity index (χ0) is 18.4. The van der Waals surface area contributed by atoms with E-state index >= 15 is 0 Å². The zero-order valence-electron chi connectivity index (χ0n) is 16.5. The number of rotatable bonds is 7. The first-order valence-electron chi connectivity index (χ1n) is 9.83. The van der Waals surface area contributed by atoms with Gasteiger partial charge in [-0.05, 0) is 43.5 Å². The van der Waals surface area contributed by atoms with Crippen molar-refractivity contribution < 1.29 is 14.3 Å². The minimum absolute atomic E-state index is 0. The number of nitrogens with zero attached hydrogens (tertiary/aromatic N) is 2. The number of carbonyl (C=O) groups is 1. The monoisotopic (exact) mass is 397 g/mol. The van der Waals surface area contributed by atoms with Crippen LogP contribution in [0.3, 0.4) is 0 Å². The van der Waals surface area contributed by atoms with Crippen molar-refractivity contribution in [2.75, 3.05) is 52.5 Å². The fourth-order valence-electron chi connectivity index (χ4n) is 3.68. The fourth-order valence-corrected chi connectivity index (χ4v) is 3.68. The first-order valence-corrected chi connectivity index (χ1v) is 9.83. The van der Waals surface area contributed by atoms with Crippen LogP contribution < -0.4 is 14.8 Å². The normalized spacial score (nSPS) is 17.0. The van der Waals surface area contributed by atoms with Crippen LogP contribution in [0.1, 0.15) is 31.4 Å². The Kier molecular flexibility index (Phi) is 8.67. The molecule has 0 spiro atoms. The number of halogens is 1. The summed E-state index contributed by atoms with van der Waals surface area (Å²) in [6.07, 6.45) is 1.59. The number of carbonyl (C=O) groups excluding carboxylic acids is 1. The Morgan fingerprint density at radius 3 is 2.30 bits per heavy atom. The molecule has 1 saturated heterocycles. The Labute approximate surface area is 168 Å². The van der Waals surface area contributed by atoms with Gasteiger partial charge in [0.25, 0.3) is 0 Å². The van der Waals surface area contributed by atoms with Crippen molar-refractivity contribution >= 4 is 18.3 Å². The number of benzene rings is 1. The lowest BCUT2D eigenvalue weighted by molar-refractivity contribution is -0.132. The Morgan fingerprint density at radius 2 is 1.67 bits per heavy atom. The van der Waals surface area contributed by atoms with E-state index in [-0.39, 0.29) is 18.3 Å². The molecule has 27 heavy (non-hydrogen) atoms. The van der Waals surface area contributed by atoms with Gasteiger partial charge in [0.15, 0.2) is 11.5 Å². The summed E-state index contributed by atoms with van der Waals surface area (Å²) < 4.78 is 11.5. The number of hydrogen-bond acceptors (Lipinski definition) is 5. The lowest BCUT2D eigenvalue weighted by Crippen LogP contribution is -2.47. The molecule has 1 fully saturated rings. The number of nitrogens with one attached hydrogen (secondary N) is 1. The van der Waals surface area contributed by atoms with E-state index in [1.54, 1.807) is 0 Å². The van der Waals surface area contributed by atoms with Gasteiger partial charge in [-0.25, -0.2) is 0 Å². The number of amides is 1. The molecule has 2 aliphatic rings. The van der Waals surface area contributed by atoms with Gasteiger partial charge in [0.2, 0.25) is 5.91 Å². The van der Waals surface area contributed by atoms with E-state index in [9.17, 15) is 4.79 Å². The van der Waals surface area contributed by atoms with Crippen LogP contribution in [0, 0.1) is 0 Å². The Morgan fingerprint density at radius 1 is 1.04 bits per heavy atom. The van der Waals surface area contributed by atoms with Gasteiger partial charge in [0.1, 0.15) is 0 Å². The third-order valence-corrected chi connectivity index (χ3v) is 5.07. The van der Waals surface area contributed by atoms with Gasteiger partial charge in [-0.1, -0.05) is 0 Å².